The number of carbonyl (C=O) groups is 2. The third-order valence-electron chi connectivity index (χ3n) is 3.91. The summed E-state index contributed by atoms with van der Waals surface area (Å²) in [6.07, 6.45) is 1.06. The van der Waals surface area contributed by atoms with Gasteiger partial charge in [-0.25, -0.2) is 9.78 Å². The fourth-order valence-electron chi connectivity index (χ4n) is 2.60. The lowest BCUT2D eigenvalue weighted by molar-refractivity contribution is -0.133. The predicted octanol–water partition coefficient (Wildman–Crippen LogP) is 0.759. The molecule has 2 aromatic rings. The van der Waals surface area contributed by atoms with Crippen molar-refractivity contribution in [1.82, 2.24) is 19.4 Å². The fraction of sp³-hybridized carbons (Fsp3) is 0.467. The van der Waals surface area contributed by atoms with Gasteiger partial charge in [-0.05, 0) is 18.4 Å². The zero-order valence-electron chi connectivity index (χ0n) is 13.3. The number of hydrogen-bond acceptors (Lipinski definition) is 6. The topological polar surface area (TPSA) is 84.7 Å². The van der Waals surface area contributed by atoms with Crippen molar-refractivity contribution < 1.29 is 14.3 Å². The molecular weight excluding hydrogens is 332 g/mol. The molecule has 0 unspecified atom stereocenters. The first kappa shape index (κ1) is 16.4. The van der Waals surface area contributed by atoms with Gasteiger partial charge < -0.3 is 14.5 Å². The highest BCUT2D eigenvalue weighted by molar-refractivity contribution is 7.16. The van der Waals surface area contributed by atoms with Crippen molar-refractivity contribution in [3.8, 4) is 0 Å². The van der Waals surface area contributed by atoms with Gasteiger partial charge in [-0.1, -0.05) is 0 Å². The predicted molar refractivity (Wildman–Crippen MR) is 89.1 cm³/mol. The summed E-state index contributed by atoms with van der Waals surface area (Å²) in [6, 6.07) is 1.72. The second-order valence-electron chi connectivity index (χ2n) is 5.38. The van der Waals surface area contributed by atoms with E-state index in [1.807, 2.05) is 0 Å². The van der Waals surface area contributed by atoms with Crippen LogP contribution < -0.4 is 5.56 Å². The largest absolute Gasteiger partial charge is 0.450 e. The van der Waals surface area contributed by atoms with Crippen molar-refractivity contribution in [2.75, 3.05) is 32.8 Å². The van der Waals surface area contributed by atoms with Gasteiger partial charge >= 0.3 is 6.09 Å². The molecule has 3 rings (SSSR count). The molecule has 2 aromatic heterocycles. The standard InChI is InChI=1S/C15H18N4O4S/c1-2-23-15(22)18-6-4-17(5-7-18)12(20)9-19-10-16-13-11(14(19)21)3-8-24-13/h3,8,10H,2,4-7,9H2,1H3. The number of piperazine rings is 1. The quantitative estimate of drug-likeness (QED) is 0.816. The fourth-order valence-corrected chi connectivity index (χ4v) is 3.33. The van der Waals surface area contributed by atoms with E-state index in [4.69, 9.17) is 4.74 Å². The van der Waals surface area contributed by atoms with Gasteiger partial charge in [-0.2, -0.15) is 0 Å². The SMILES string of the molecule is CCOC(=O)N1CCN(C(=O)Cn2cnc3sccc3c2=O)CC1. The van der Waals surface area contributed by atoms with Crippen molar-refractivity contribution >= 4 is 33.6 Å². The Morgan fingerprint density at radius 1 is 1.25 bits per heavy atom. The Morgan fingerprint density at radius 3 is 2.67 bits per heavy atom. The van der Waals surface area contributed by atoms with Crippen LogP contribution in [-0.2, 0) is 16.1 Å². The second kappa shape index (κ2) is 7.00. The third kappa shape index (κ3) is 3.25. The minimum absolute atomic E-state index is 0.0446. The Morgan fingerprint density at radius 2 is 1.96 bits per heavy atom. The summed E-state index contributed by atoms with van der Waals surface area (Å²) in [5.41, 5.74) is -0.209. The van der Waals surface area contributed by atoms with E-state index in [1.54, 1.807) is 28.2 Å². The summed E-state index contributed by atoms with van der Waals surface area (Å²) in [5.74, 6) is -0.156. The first-order chi connectivity index (χ1) is 11.6. The Balaban J connectivity index is 1.62. The van der Waals surface area contributed by atoms with Crippen LogP contribution in [0.25, 0.3) is 10.2 Å². The zero-order valence-corrected chi connectivity index (χ0v) is 14.1. The molecule has 0 aliphatic carbocycles. The third-order valence-corrected chi connectivity index (χ3v) is 4.74. The minimum atomic E-state index is -0.354. The Bertz CT molecular complexity index is 807. The average Bonchev–Trinajstić information content (AvgIpc) is 3.07. The van der Waals surface area contributed by atoms with E-state index in [0.29, 0.717) is 43.0 Å². The van der Waals surface area contributed by atoms with Crippen molar-refractivity contribution in [1.29, 1.82) is 0 Å². The molecule has 0 spiro atoms. The molecule has 24 heavy (non-hydrogen) atoms. The summed E-state index contributed by atoms with van der Waals surface area (Å²) in [6.45, 7) is 3.77. The highest BCUT2D eigenvalue weighted by atomic mass is 32.1. The van der Waals surface area contributed by atoms with Gasteiger partial charge in [0, 0.05) is 26.2 Å². The van der Waals surface area contributed by atoms with Crippen molar-refractivity contribution in [3.05, 3.63) is 28.1 Å². The van der Waals surface area contributed by atoms with E-state index >= 15 is 0 Å². The molecule has 1 aliphatic rings. The Kier molecular flexibility index (Phi) is 4.79. The summed E-state index contributed by atoms with van der Waals surface area (Å²) in [7, 11) is 0. The summed E-state index contributed by atoms with van der Waals surface area (Å²) < 4.78 is 6.28. The van der Waals surface area contributed by atoms with E-state index in [-0.39, 0.29) is 24.1 Å². The maximum atomic E-state index is 12.4. The molecule has 128 valence electrons. The van der Waals surface area contributed by atoms with E-state index in [9.17, 15) is 14.4 Å². The van der Waals surface area contributed by atoms with Gasteiger partial charge in [0.25, 0.3) is 5.56 Å². The number of ether oxygens (including phenoxy) is 1. The summed E-state index contributed by atoms with van der Waals surface area (Å²) in [4.78, 5) is 44.5. The van der Waals surface area contributed by atoms with E-state index < -0.39 is 0 Å². The van der Waals surface area contributed by atoms with Gasteiger partial charge in [0.05, 0.1) is 18.3 Å². The highest BCUT2D eigenvalue weighted by Crippen LogP contribution is 2.13. The maximum absolute atomic E-state index is 12.4. The van der Waals surface area contributed by atoms with E-state index in [0.717, 1.165) is 0 Å². The van der Waals surface area contributed by atoms with Crippen LogP contribution in [-0.4, -0.2) is 64.1 Å². The molecule has 1 aliphatic heterocycles. The average molecular weight is 350 g/mol. The summed E-state index contributed by atoms with van der Waals surface area (Å²) in [5, 5.41) is 2.34. The van der Waals surface area contributed by atoms with Gasteiger partial charge in [0.2, 0.25) is 5.91 Å². The van der Waals surface area contributed by atoms with Crippen LogP contribution in [0, 0.1) is 0 Å². The molecule has 0 aromatic carbocycles. The molecule has 0 atom stereocenters. The number of fused-ring (bicyclic) bond motifs is 1. The molecule has 0 bridgehead atoms. The molecule has 1 fully saturated rings. The van der Waals surface area contributed by atoms with Gasteiger partial charge in [0.1, 0.15) is 11.4 Å². The van der Waals surface area contributed by atoms with Crippen LogP contribution in [0.15, 0.2) is 22.6 Å². The van der Waals surface area contributed by atoms with Gasteiger partial charge in [-0.15, -0.1) is 11.3 Å². The molecule has 1 saturated heterocycles. The zero-order chi connectivity index (χ0) is 17.1. The van der Waals surface area contributed by atoms with Crippen molar-refractivity contribution in [2.45, 2.75) is 13.5 Å². The van der Waals surface area contributed by atoms with Gasteiger partial charge in [-0.3, -0.25) is 14.2 Å². The van der Waals surface area contributed by atoms with Crippen LogP contribution in [0.3, 0.4) is 0 Å². The van der Waals surface area contributed by atoms with Crippen LogP contribution >= 0.6 is 11.3 Å². The lowest BCUT2D eigenvalue weighted by atomic mass is 10.3. The summed E-state index contributed by atoms with van der Waals surface area (Å²) >= 11 is 1.39. The lowest BCUT2D eigenvalue weighted by Gasteiger charge is -2.34. The van der Waals surface area contributed by atoms with E-state index in [1.165, 1.54) is 22.2 Å². The molecule has 0 radical (unpaired) electrons. The highest BCUT2D eigenvalue weighted by Gasteiger charge is 2.25. The number of rotatable bonds is 3. The molecule has 9 heteroatoms. The Hall–Kier alpha value is -2.42. The Labute approximate surface area is 142 Å². The molecule has 8 nitrogen and oxygen atoms in total. The molecule has 0 saturated carbocycles. The molecule has 3 heterocycles. The lowest BCUT2D eigenvalue weighted by Crippen LogP contribution is -2.51. The van der Waals surface area contributed by atoms with Crippen LogP contribution in [0.1, 0.15) is 6.92 Å². The number of thiophene rings is 1. The number of aromatic nitrogens is 2. The number of amides is 2. The first-order valence-corrected chi connectivity index (χ1v) is 8.60. The molecule has 2 amide bonds. The normalized spacial score (nSPS) is 14.9. The number of carbonyl (C=O) groups excluding carboxylic acids is 2. The monoisotopic (exact) mass is 350 g/mol. The number of hydrogen-bond donors (Lipinski definition) is 0. The van der Waals surface area contributed by atoms with Crippen molar-refractivity contribution in [2.24, 2.45) is 0 Å². The van der Waals surface area contributed by atoms with Crippen molar-refractivity contribution in [3.63, 3.8) is 0 Å². The van der Waals surface area contributed by atoms with Crippen LogP contribution in [0.2, 0.25) is 0 Å². The minimum Gasteiger partial charge on any atom is -0.450 e. The maximum Gasteiger partial charge on any atom is 0.409 e. The van der Waals surface area contributed by atoms with E-state index in [2.05, 4.69) is 4.98 Å². The smallest absolute Gasteiger partial charge is 0.409 e. The number of nitrogens with zero attached hydrogens (tertiary/aromatic N) is 4. The van der Waals surface area contributed by atoms with Crippen LogP contribution in [0.5, 0.6) is 0 Å². The second-order valence-corrected chi connectivity index (χ2v) is 6.28. The van der Waals surface area contributed by atoms with Gasteiger partial charge in [0.15, 0.2) is 0 Å². The molecule has 0 N–H and O–H groups in total. The first-order valence-electron chi connectivity index (χ1n) is 7.72. The van der Waals surface area contributed by atoms with Crippen LogP contribution in [0.4, 0.5) is 4.79 Å². The molecular formula is C15H18N4O4S.